The van der Waals surface area contributed by atoms with Crippen molar-refractivity contribution in [1.29, 1.82) is 0 Å². The van der Waals surface area contributed by atoms with E-state index < -0.39 is 42.3 Å². The Morgan fingerprint density at radius 2 is 1.34 bits per heavy atom. The normalized spacial score (nSPS) is 13.4. The fraction of sp³-hybridized carbons (Fsp3) is 0.359. The first-order valence-electron chi connectivity index (χ1n) is 17.0. The molecule has 2 aromatic heterocycles. The number of hydrogen-bond donors (Lipinski definition) is 4. The molecule has 3 amide bonds. The summed E-state index contributed by atoms with van der Waals surface area (Å²) < 4.78 is 10.9. The number of carbonyl (C=O) groups excluding carboxylic acids is 3. The molecule has 0 aliphatic rings. The van der Waals surface area contributed by atoms with Gasteiger partial charge in [0.2, 0.25) is 5.91 Å². The zero-order valence-electron chi connectivity index (χ0n) is 28.8. The van der Waals surface area contributed by atoms with Gasteiger partial charge >= 0.3 is 12.2 Å². The van der Waals surface area contributed by atoms with Crippen LogP contribution in [0.3, 0.4) is 0 Å². The van der Waals surface area contributed by atoms with E-state index in [9.17, 15) is 19.5 Å². The van der Waals surface area contributed by atoms with E-state index in [2.05, 4.69) is 25.9 Å². The van der Waals surface area contributed by atoms with E-state index in [1.165, 1.54) is 0 Å². The van der Waals surface area contributed by atoms with Crippen molar-refractivity contribution in [2.24, 2.45) is 5.92 Å². The Hall–Kier alpha value is -5.29. The number of aliphatic hydroxyl groups is 1. The molecule has 0 fully saturated rings. The number of carbonyl (C=O) groups is 3. The molecule has 4 rings (SSSR count). The number of amides is 3. The molecule has 2 aromatic carbocycles. The number of hydrogen-bond acceptors (Lipinski definition) is 8. The van der Waals surface area contributed by atoms with Crippen LogP contribution in [0.2, 0.25) is 0 Å². The molecule has 0 saturated heterocycles. The fourth-order valence-corrected chi connectivity index (χ4v) is 5.46. The summed E-state index contributed by atoms with van der Waals surface area (Å²) in [5, 5.41) is 20.3. The molecule has 50 heavy (non-hydrogen) atoms. The number of aryl methyl sites for hydroxylation is 1. The number of rotatable bonds is 17. The molecule has 11 heteroatoms. The molecule has 4 aromatic rings. The molecule has 4 atom stereocenters. The van der Waals surface area contributed by atoms with Gasteiger partial charge in [0, 0.05) is 29.7 Å². The molecule has 0 bridgehead atoms. The minimum atomic E-state index is -1.08. The third-order valence-electron chi connectivity index (χ3n) is 8.16. The highest BCUT2D eigenvalue weighted by molar-refractivity contribution is 5.86. The van der Waals surface area contributed by atoms with Crippen molar-refractivity contribution >= 4 is 18.1 Å². The highest BCUT2D eigenvalue weighted by Gasteiger charge is 2.31. The Kier molecular flexibility index (Phi) is 14.7. The number of aliphatic hydroxyl groups excluding tert-OH is 1. The van der Waals surface area contributed by atoms with Gasteiger partial charge in [-0.1, -0.05) is 93.6 Å². The van der Waals surface area contributed by atoms with Crippen LogP contribution in [0, 0.1) is 5.92 Å². The predicted octanol–water partition coefficient (Wildman–Crippen LogP) is 5.31. The molecule has 264 valence electrons. The maximum absolute atomic E-state index is 13.8. The van der Waals surface area contributed by atoms with Gasteiger partial charge < -0.3 is 30.5 Å². The summed E-state index contributed by atoms with van der Waals surface area (Å²) in [4.78, 5) is 48.0. The Morgan fingerprint density at radius 3 is 1.98 bits per heavy atom. The van der Waals surface area contributed by atoms with Crippen LogP contribution in [0.4, 0.5) is 9.59 Å². The van der Waals surface area contributed by atoms with Crippen molar-refractivity contribution in [3.8, 4) is 0 Å². The van der Waals surface area contributed by atoms with Gasteiger partial charge in [0.15, 0.2) is 0 Å². The first-order chi connectivity index (χ1) is 24.2. The fourth-order valence-electron chi connectivity index (χ4n) is 5.46. The highest BCUT2D eigenvalue weighted by atomic mass is 16.6. The van der Waals surface area contributed by atoms with Crippen LogP contribution in [-0.2, 0) is 46.7 Å². The standard InChI is InChI=1S/C39H47N5O6/c1-4-31-18-11-19-32(41-31)26-50-39(48)44-36(27(2)3)37(46)43-34(22-29-15-9-6-10-16-29)35(45)23-33(21-28-13-7-5-8-14-28)42-38(47)49-25-30-17-12-20-40-24-30/h5-20,24,27,33-36,45H,4,21-23,25-26H2,1-3H3,(H,42,47)(H,43,46)(H,44,48)/t33-,34-,35-,36-/m0/s1. The summed E-state index contributed by atoms with van der Waals surface area (Å²) in [5.74, 6) is -0.757. The van der Waals surface area contributed by atoms with Crippen LogP contribution in [0.15, 0.2) is 103 Å². The Balaban J connectivity index is 1.45. The van der Waals surface area contributed by atoms with Gasteiger partial charge in [0.25, 0.3) is 0 Å². The summed E-state index contributed by atoms with van der Waals surface area (Å²) in [6.45, 7) is 5.63. The van der Waals surface area contributed by atoms with Crippen molar-refractivity contribution in [2.45, 2.75) is 83.9 Å². The number of benzene rings is 2. The van der Waals surface area contributed by atoms with E-state index in [1.807, 2.05) is 99.6 Å². The van der Waals surface area contributed by atoms with Gasteiger partial charge in [0.1, 0.15) is 19.3 Å². The lowest BCUT2D eigenvalue weighted by molar-refractivity contribution is -0.125. The average molecular weight is 682 g/mol. The molecule has 0 radical (unpaired) electrons. The lowest BCUT2D eigenvalue weighted by Gasteiger charge is -2.30. The van der Waals surface area contributed by atoms with Crippen LogP contribution < -0.4 is 16.0 Å². The van der Waals surface area contributed by atoms with Gasteiger partial charge in [-0.15, -0.1) is 0 Å². The topological polar surface area (TPSA) is 152 Å². The molecule has 0 aliphatic heterocycles. The summed E-state index contributed by atoms with van der Waals surface area (Å²) >= 11 is 0. The summed E-state index contributed by atoms with van der Waals surface area (Å²) in [6.07, 6.45) is 2.40. The number of alkyl carbamates (subject to hydrolysis) is 2. The largest absolute Gasteiger partial charge is 0.445 e. The van der Waals surface area contributed by atoms with E-state index in [0.29, 0.717) is 18.5 Å². The van der Waals surface area contributed by atoms with Crippen LogP contribution >= 0.6 is 0 Å². The highest BCUT2D eigenvalue weighted by Crippen LogP contribution is 2.16. The summed E-state index contributed by atoms with van der Waals surface area (Å²) in [6, 6.07) is 26.0. The van der Waals surface area contributed by atoms with Gasteiger partial charge in [0.05, 0.1) is 17.8 Å². The smallest absolute Gasteiger partial charge is 0.408 e. The second-order valence-electron chi connectivity index (χ2n) is 12.5. The van der Waals surface area contributed by atoms with Crippen LogP contribution in [0.25, 0.3) is 0 Å². The lowest BCUT2D eigenvalue weighted by atomic mass is 9.93. The molecule has 0 aliphatic carbocycles. The van der Waals surface area contributed by atoms with E-state index in [0.717, 1.165) is 28.8 Å². The van der Waals surface area contributed by atoms with E-state index in [1.54, 1.807) is 24.5 Å². The number of nitrogens with zero attached hydrogens (tertiary/aromatic N) is 2. The molecule has 0 unspecified atom stereocenters. The zero-order valence-corrected chi connectivity index (χ0v) is 28.8. The number of ether oxygens (including phenoxy) is 2. The molecule has 11 nitrogen and oxygen atoms in total. The van der Waals surface area contributed by atoms with Gasteiger partial charge in [-0.3, -0.25) is 14.8 Å². The first kappa shape index (κ1) is 37.5. The third-order valence-corrected chi connectivity index (χ3v) is 8.16. The minimum absolute atomic E-state index is 0.0398. The Labute approximate surface area is 293 Å². The number of nitrogens with one attached hydrogen (secondary N) is 3. The summed E-state index contributed by atoms with van der Waals surface area (Å²) in [5.41, 5.74) is 4.09. The second-order valence-corrected chi connectivity index (χ2v) is 12.5. The van der Waals surface area contributed by atoms with Crippen molar-refractivity contribution in [1.82, 2.24) is 25.9 Å². The molecule has 2 heterocycles. The van der Waals surface area contributed by atoms with Crippen molar-refractivity contribution in [3.05, 3.63) is 131 Å². The summed E-state index contributed by atoms with van der Waals surface area (Å²) in [7, 11) is 0. The van der Waals surface area contributed by atoms with Crippen LogP contribution in [0.1, 0.15) is 55.3 Å². The number of pyridine rings is 2. The molecular formula is C39H47N5O6. The molecule has 0 saturated carbocycles. The number of aromatic nitrogens is 2. The Bertz CT molecular complexity index is 1620. The quantitative estimate of drug-likeness (QED) is 0.117. The molecule has 0 spiro atoms. The first-order valence-corrected chi connectivity index (χ1v) is 17.0. The predicted molar refractivity (Wildman–Crippen MR) is 190 cm³/mol. The van der Waals surface area contributed by atoms with Gasteiger partial charge in [-0.05, 0) is 60.9 Å². The molecular weight excluding hydrogens is 634 g/mol. The van der Waals surface area contributed by atoms with Crippen LogP contribution in [-0.4, -0.2) is 57.4 Å². The monoisotopic (exact) mass is 681 g/mol. The maximum atomic E-state index is 13.8. The maximum Gasteiger partial charge on any atom is 0.408 e. The van der Waals surface area contributed by atoms with Crippen molar-refractivity contribution in [3.63, 3.8) is 0 Å². The second kappa shape index (κ2) is 19.6. The van der Waals surface area contributed by atoms with Crippen LogP contribution in [0.5, 0.6) is 0 Å². The van der Waals surface area contributed by atoms with E-state index in [-0.39, 0.29) is 25.6 Å². The minimum Gasteiger partial charge on any atom is -0.445 e. The van der Waals surface area contributed by atoms with Crippen molar-refractivity contribution in [2.75, 3.05) is 0 Å². The van der Waals surface area contributed by atoms with Gasteiger partial charge in [-0.25, -0.2) is 9.59 Å². The average Bonchev–Trinajstić information content (AvgIpc) is 3.13. The van der Waals surface area contributed by atoms with E-state index in [4.69, 9.17) is 9.47 Å². The Morgan fingerprint density at radius 1 is 0.720 bits per heavy atom. The van der Waals surface area contributed by atoms with Crippen molar-refractivity contribution < 1.29 is 29.0 Å². The third kappa shape index (κ3) is 12.6. The SMILES string of the molecule is CCc1cccc(COC(=O)N[C@H](C(=O)N[C@@H](Cc2ccccc2)[C@@H](O)C[C@H](Cc2ccccc2)NC(=O)OCc2cccnc2)C(C)C)n1. The van der Waals surface area contributed by atoms with Gasteiger partial charge in [-0.2, -0.15) is 0 Å². The van der Waals surface area contributed by atoms with E-state index >= 15 is 0 Å². The lowest BCUT2D eigenvalue weighted by Crippen LogP contribution is -2.56. The zero-order chi connectivity index (χ0) is 35.7. The molecule has 4 N–H and O–H groups in total.